The summed E-state index contributed by atoms with van der Waals surface area (Å²) in [5.41, 5.74) is 0. The van der Waals surface area contributed by atoms with Crippen molar-refractivity contribution < 1.29 is 19.4 Å². The number of carbonyl (C=O) groups is 2. The molecule has 108 valence electrons. The molecule has 0 spiro atoms. The van der Waals surface area contributed by atoms with E-state index in [2.05, 4.69) is 5.32 Å². The molecule has 5 nitrogen and oxygen atoms in total. The highest BCUT2D eigenvalue weighted by molar-refractivity contribution is 5.78. The number of benzene rings is 1. The van der Waals surface area contributed by atoms with Gasteiger partial charge in [0, 0.05) is 6.04 Å². The Morgan fingerprint density at radius 2 is 1.80 bits per heavy atom. The third-order valence-corrected chi connectivity index (χ3v) is 3.55. The van der Waals surface area contributed by atoms with E-state index in [4.69, 9.17) is 9.84 Å². The third kappa shape index (κ3) is 4.26. The summed E-state index contributed by atoms with van der Waals surface area (Å²) in [6.45, 7) is -0.0110. The summed E-state index contributed by atoms with van der Waals surface area (Å²) in [6.07, 6.45) is 2.68. The van der Waals surface area contributed by atoms with Crippen molar-refractivity contribution >= 4 is 11.9 Å². The van der Waals surface area contributed by atoms with Crippen LogP contribution in [-0.4, -0.2) is 29.6 Å². The minimum atomic E-state index is -0.734. The lowest BCUT2D eigenvalue weighted by atomic mass is 9.86. The van der Waals surface area contributed by atoms with Crippen LogP contribution in [0.5, 0.6) is 5.75 Å². The molecule has 1 aliphatic rings. The number of carboxylic acid groups (broad SMARTS) is 1. The molecule has 1 fully saturated rings. The van der Waals surface area contributed by atoms with Crippen LogP contribution in [0.15, 0.2) is 30.3 Å². The zero-order chi connectivity index (χ0) is 14.4. The van der Waals surface area contributed by atoms with Gasteiger partial charge in [-0.3, -0.25) is 9.59 Å². The van der Waals surface area contributed by atoms with Crippen molar-refractivity contribution in [2.24, 2.45) is 5.92 Å². The second-order valence-corrected chi connectivity index (χ2v) is 5.06. The summed E-state index contributed by atoms with van der Waals surface area (Å²) < 4.78 is 5.36. The number of carbonyl (C=O) groups excluding carboxylic acids is 1. The van der Waals surface area contributed by atoms with Crippen LogP contribution in [0.4, 0.5) is 0 Å². The molecule has 0 bridgehead atoms. The van der Waals surface area contributed by atoms with Gasteiger partial charge in [0.05, 0.1) is 5.92 Å². The standard InChI is InChI=1S/C15H19NO4/c17-14(10-20-13-4-2-1-3-5-13)16-12-8-6-11(7-9-12)15(18)19/h1-5,11-12H,6-10H2,(H,16,17)(H,18,19). The minimum Gasteiger partial charge on any atom is -0.484 e. The van der Waals surface area contributed by atoms with Crippen molar-refractivity contribution in [3.05, 3.63) is 30.3 Å². The van der Waals surface area contributed by atoms with E-state index < -0.39 is 5.97 Å². The largest absolute Gasteiger partial charge is 0.484 e. The average Bonchev–Trinajstić information content (AvgIpc) is 2.47. The lowest BCUT2D eigenvalue weighted by Crippen LogP contribution is -2.40. The minimum absolute atomic E-state index is 0.0110. The van der Waals surface area contributed by atoms with Gasteiger partial charge in [0.1, 0.15) is 5.75 Å². The van der Waals surface area contributed by atoms with Crippen molar-refractivity contribution in [1.29, 1.82) is 0 Å². The van der Waals surface area contributed by atoms with Crippen LogP contribution < -0.4 is 10.1 Å². The fraction of sp³-hybridized carbons (Fsp3) is 0.467. The van der Waals surface area contributed by atoms with E-state index in [-0.39, 0.29) is 24.5 Å². The van der Waals surface area contributed by atoms with Gasteiger partial charge in [-0.25, -0.2) is 0 Å². The molecule has 0 unspecified atom stereocenters. The van der Waals surface area contributed by atoms with E-state index in [1.807, 2.05) is 18.2 Å². The second-order valence-electron chi connectivity index (χ2n) is 5.06. The van der Waals surface area contributed by atoms with E-state index in [0.29, 0.717) is 31.4 Å². The Morgan fingerprint density at radius 3 is 2.40 bits per heavy atom. The molecule has 20 heavy (non-hydrogen) atoms. The molecule has 0 saturated heterocycles. The zero-order valence-electron chi connectivity index (χ0n) is 11.2. The van der Waals surface area contributed by atoms with E-state index in [0.717, 1.165) is 0 Å². The van der Waals surface area contributed by atoms with Crippen molar-refractivity contribution in [3.8, 4) is 5.75 Å². The van der Waals surface area contributed by atoms with Gasteiger partial charge in [-0.15, -0.1) is 0 Å². The van der Waals surface area contributed by atoms with Crippen molar-refractivity contribution in [1.82, 2.24) is 5.32 Å². The Bertz CT molecular complexity index is 452. The molecular formula is C15H19NO4. The maximum atomic E-state index is 11.7. The van der Waals surface area contributed by atoms with Crippen LogP contribution in [0.2, 0.25) is 0 Å². The predicted molar refractivity (Wildman–Crippen MR) is 73.5 cm³/mol. The van der Waals surface area contributed by atoms with Crippen molar-refractivity contribution in [2.45, 2.75) is 31.7 Å². The SMILES string of the molecule is O=C(COc1ccccc1)NC1CCC(C(=O)O)CC1. The summed E-state index contributed by atoms with van der Waals surface area (Å²) in [6, 6.07) is 9.24. The van der Waals surface area contributed by atoms with E-state index in [1.165, 1.54) is 0 Å². The number of nitrogens with one attached hydrogen (secondary N) is 1. The Hall–Kier alpha value is -2.04. The fourth-order valence-corrected chi connectivity index (χ4v) is 2.42. The first-order chi connectivity index (χ1) is 9.65. The smallest absolute Gasteiger partial charge is 0.306 e. The number of carboxylic acids is 1. The highest BCUT2D eigenvalue weighted by Gasteiger charge is 2.26. The number of aliphatic carboxylic acids is 1. The van der Waals surface area contributed by atoms with Gasteiger partial charge in [-0.2, -0.15) is 0 Å². The Morgan fingerprint density at radius 1 is 1.15 bits per heavy atom. The lowest BCUT2D eigenvalue weighted by Gasteiger charge is -2.26. The first-order valence-corrected chi connectivity index (χ1v) is 6.85. The van der Waals surface area contributed by atoms with E-state index in [1.54, 1.807) is 12.1 Å². The zero-order valence-corrected chi connectivity index (χ0v) is 11.2. The van der Waals surface area contributed by atoms with Crippen LogP contribution in [0.3, 0.4) is 0 Å². The molecule has 2 N–H and O–H groups in total. The summed E-state index contributed by atoms with van der Waals surface area (Å²) in [4.78, 5) is 22.6. The predicted octanol–water partition coefficient (Wildman–Crippen LogP) is 1.82. The number of hydrogen-bond donors (Lipinski definition) is 2. The molecule has 1 aromatic rings. The second kappa shape index (κ2) is 6.93. The molecule has 0 heterocycles. The highest BCUT2D eigenvalue weighted by Crippen LogP contribution is 2.24. The van der Waals surface area contributed by atoms with Crippen LogP contribution in [0.1, 0.15) is 25.7 Å². The molecule has 1 amide bonds. The molecule has 0 atom stereocenters. The topological polar surface area (TPSA) is 75.6 Å². The molecule has 1 aromatic carbocycles. The summed E-state index contributed by atoms with van der Waals surface area (Å²) in [7, 11) is 0. The molecule has 0 radical (unpaired) electrons. The number of para-hydroxylation sites is 1. The van der Waals surface area contributed by atoms with Gasteiger partial charge in [0.2, 0.25) is 0 Å². The summed E-state index contributed by atoms with van der Waals surface area (Å²) in [5, 5.41) is 11.8. The maximum absolute atomic E-state index is 11.7. The average molecular weight is 277 g/mol. The van der Waals surface area contributed by atoms with Gasteiger partial charge in [0.25, 0.3) is 5.91 Å². The van der Waals surface area contributed by atoms with Gasteiger partial charge in [0.15, 0.2) is 6.61 Å². The monoisotopic (exact) mass is 277 g/mol. The van der Waals surface area contributed by atoms with E-state index >= 15 is 0 Å². The molecule has 1 saturated carbocycles. The van der Waals surface area contributed by atoms with Gasteiger partial charge in [-0.05, 0) is 37.8 Å². The highest BCUT2D eigenvalue weighted by atomic mass is 16.5. The fourth-order valence-electron chi connectivity index (χ4n) is 2.42. The molecular weight excluding hydrogens is 258 g/mol. The summed E-state index contributed by atoms with van der Waals surface area (Å²) >= 11 is 0. The van der Waals surface area contributed by atoms with Crippen LogP contribution in [0.25, 0.3) is 0 Å². The first kappa shape index (κ1) is 14.4. The molecule has 1 aliphatic carbocycles. The quantitative estimate of drug-likeness (QED) is 0.861. The van der Waals surface area contributed by atoms with Crippen molar-refractivity contribution in [2.75, 3.05) is 6.61 Å². The normalized spacial score (nSPS) is 22.0. The molecule has 0 aromatic heterocycles. The molecule has 0 aliphatic heterocycles. The van der Waals surface area contributed by atoms with Crippen LogP contribution >= 0.6 is 0 Å². The number of amides is 1. The number of ether oxygens (including phenoxy) is 1. The van der Waals surface area contributed by atoms with Gasteiger partial charge >= 0.3 is 5.97 Å². The van der Waals surface area contributed by atoms with Crippen molar-refractivity contribution in [3.63, 3.8) is 0 Å². The Kier molecular flexibility index (Phi) is 4.98. The lowest BCUT2D eigenvalue weighted by molar-refractivity contribution is -0.142. The Labute approximate surface area is 117 Å². The third-order valence-electron chi connectivity index (χ3n) is 3.55. The molecule has 5 heteroatoms. The molecule has 2 rings (SSSR count). The van der Waals surface area contributed by atoms with E-state index in [9.17, 15) is 9.59 Å². The van der Waals surface area contributed by atoms with Crippen LogP contribution in [0, 0.1) is 5.92 Å². The van der Waals surface area contributed by atoms with Gasteiger partial charge in [-0.1, -0.05) is 18.2 Å². The van der Waals surface area contributed by atoms with Gasteiger partial charge < -0.3 is 15.2 Å². The summed E-state index contributed by atoms with van der Waals surface area (Å²) in [5.74, 6) is -0.490. The number of hydrogen-bond acceptors (Lipinski definition) is 3. The first-order valence-electron chi connectivity index (χ1n) is 6.85. The maximum Gasteiger partial charge on any atom is 0.306 e. The number of rotatable bonds is 5. The van der Waals surface area contributed by atoms with Crippen LogP contribution in [-0.2, 0) is 9.59 Å². The Balaban J connectivity index is 1.69.